The molecule has 2 aromatic rings. The molecule has 0 aliphatic heterocycles. The van der Waals surface area contributed by atoms with E-state index in [-0.39, 0.29) is 0 Å². The van der Waals surface area contributed by atoms with Crippen LogP contribution in [0.2, 0.25) is 10.0 Å². The van der Waals surface area contributed by atoms with Gasteiger partial charge in [-0.3, -0.25) is 0 Å². The average molecular weight is 295 g/mol. The lowest BCUT2D eigenvalue weighted by Crippen LogP contribution is -2.14. The Morgan fingerprint density at radius 1 is 0.842 bits per heavy atom. The van der Waals surface area contributed by atoms with Gasteiger partial charge in [0.1, 0.15) is 0 Å². The Hall–Kier alpha value is -1.38. The lowest BCUT2D eigenvalue weighted by molar-refractivity contribution is 1.07. The van der Waals surface area contributed by atoms with Gasteiger partial charge in [0.2, 0.25) is 0 Å². The maximum absolute atomic E-state index is 5.97. The standard InChI is InChI=1S/C15H16Cl2N2/c1-11-2-3-13(17)10-15(11)19-9-8-18-14-6-4-12(16)5-7-14/h2-7,10,18-19H,8-9H2,1H3. The third kappa shape index (κ3) is 4.34. The van der Waals surface area contributed by atoms with Crippen molar-refractivity contribution in [2.45, 2.75) is 6.92 Å². The monoisotopic (exact) mass is 294 g/mol. The summed E-state index contributed by atoms with van der Waals surface area (Å²) in [4.78, 5) is 0. The zero-order chi connectivity index (χ0) is 13.7. The molecular weight excluding hydrogens is 279 g/mol. The number of hydrogen-bond donors (Lipinski definition) is 2. The summed E-state index contributed by atoms with van der Waals surface area (Å²) in [6, 6.07) is 13.5. The number of anilines is 2. The highest BCUT2D eigenvalue weighted by molar-refractivity contribution is 6.31. The lowest BCUT2D eigenvalue weighted by atomic mass is 10.2. The molecule has 2 aromatic carbocycles. The summed E-state index contributed by atoms with van der Waals surface area (Å²) in [5, 5.41) is 8.18. The van der Waals surface area contributed by atoms with Gasteiger partial charge in [0, 0.05) is 34.5 Å². The van der Waals surface area contributed by atoms with Crippen molar-refractivity contribution >= 4 is 34.6 Å². The first-order valence-electron chi connectivity index (χ1n) is 6.14. The van der Waals surface area contributed by atoms with Crippen molar-refractivity contribution in [2.75, 3.05) is 23.7 Å². The number of nitrogens with one attached hydrogen (secondary N) is 2. The predicted molar refractivity (Wildman–Crippen MR) is 84.6 cm³/mol. The summed E-state index contributed by atoms with van der Waals surface area (Å²) in [5.74, 6) is 0. The normalized spacial score (nSPS) is 10.3. The molecule has 0 saturated carbocycles. The van der Waals surface area contributed by atoms with Crippen LogP contribution < -0.4 is 10.6 Å². The van der Waals surface area contributed by atoms with Crippen molar-refractivity contribution in [2.24, 2.45) is 0 Å². The molecule has 100 valence electrons. The van der Waals surface area contributed by atoms with Crippen LogP contribution in [-0.2, 0) is 0 Å². The van der Waals surface area contributed by atoms with Crippen LogP contribution in [0.25, 0.3) is 0 Å². The van der Waals surface area contributed by atoms with Crippen LogP contribution in [-0.4, -0.2) is 13.1 Å². The predicted octanol–water partition coefficient (Wildman–Crippen LogP) is 4.83. The maximum Gasteiger partial charge on any atom is 0.0426 e. The minimum atomic E-state index is 0.748. The molecule has 0 bridgehead atoms. The van der Waals surface area contributed by atoms with Crippen molar-refractivity contribution in [3.05, 3.63) is 58.1 Å². The molecule has 0 aliphatic rings. The maximum atomic E-state index is 5.97. The summed E-state index contributed by atoms with van der Waals surface area (Å²) in [6.07, 6.45) is 0. The Morgan fingerprint density at radius 2 is 1.47 bits per heavy atom. The highest BCUT2D eigenvalue weighted by atomic mass is 35.5. The minimum Gasteiger partial charge on any atom is -0.383 e. The minimum absolute atomic E-state index is 0.748. The van der Waals surface area contributed by atoms with Gasteiger partial charge in [0.05, 0.1) is 0 Å². The molecule has 0 aliphatic carbocycles. The van der Waals surface area contributed by atoms with Gasteiger partial charge in [-0.2, -0.15) is 0 Å². The van der Waals surface area contributed by atoms with E-state index in [1.165, 1.54) is 5.56 Å². The molecule has 0 atom stereocenters. The van der Waals surface area contributed by atoms with Gasteiger partial charge >= 0.3 is 0 Å². The van der Waals surface area contributed by atoms with E-state index in [1.807, 2.05) is 42.5 Å². The van der Waals surface area contributed by atoms with E-state index in [0.29, 0.717) is 0 Å². The molecule has 0 heterocycles. The fraction of sp³-hybridized carbons (Fsp3) is 0.200. The van der Waals surface area contributed by atoms with Crippen molar-refractivity contribution in [1.82, 2.24) is 0 Å². The number of aryl methyl sites for hydroxylation is 1. The molecule has 2 rings (SSSR count). The van der Waals surface area contributed by atoms with Crippen LogP contribution in [0.3, 0.4) is 0 Å². The molecule has 0 radical (unpaired) electrons. The quantitative estimate of drug-likeness (QED) is 0.772. The van der Waals surface area contributed by atoms with Crippen molar-refractivity contribution in [3.8, 4) is 0 Å². The Bertz CT molecular complexity index is 538. The molecule has 2 N–H and O–H groups in total. The number of rotatable bonds is 5. The summed E-state index contributed by atoms with van der Waals surface area (Å²) in [7, 11) is 0. The van der Waals surface area contributed by atoms with E-state index in [1.54, 1.807) is 0 Å². The largest absolute Gasteiger partial charge is 0.383 e. The van der Waals surface area contributed by atoms with Gasteiger partial charge < -0.3 is 10.6 Å². The van der Waals surface area contributed by atoms with Crippen LogP contribution in [0, 0.1) is 6.92 Å². The molecule has 0 amide bonds. The van der Waals surface area contributed by atoms with Gasteiger partial charge in [-0.1, -0.05) is 29.3 Å². The summed E-state index contributed by atoms with van der Waals surface area (Å²) in [5.41, 5.74) is 3.33. The fourth-order valence-electron chi connectivity index (χ4n) is 1.76. The lowest BCUT2D eigenvalue weighted by Gasteiger charge is -2.11. The number of halogens is 2. The van der Waals surface area contributed by atoms with Gasteiger partial charge in [-0.15, -0.1) is 0 Å². The Balaban J connectivity index is 1.80. The summed E-state index contributed by atoms with van der Waals surface area (Å²) in [6.45, 7) is 3.71. The zero-order valence-electron chi connectivity index (χ0n) is 10.7. The molecule has 0 spiro atoms. The van der Waals surface area contributed by atoms with Crippen LogP contribution in [0.4, 0.5) is 11.4 Å². The highest BCUT2D eigenvalue weighted by Crippen LogP contribution is 2.19. The van der Waals surface area contributed by atoms with E-state index in [2.05, 4.69) is 17.6 Å². The van der Waals surface area contributed by atoms with Crippen molar-refractivity contribution in [3.63, 3.8) is 0 Å². The Morgan fingerprint density at radius 3 is 2.21 bits per heavy atom. The second-order valence-corrected chi connectivity index (χ2v) is 5.19. The van der Waals surface area contributed by atoms with Gasteiger partial charge in [0.15, 0.2) is 0 Å². The third-order valence-electron chi connectivity index (χ3n) is 2.81. The van der Waals surface area contributed by atoms with Gasteiger partial charge in [-0.05, 0) is 48.9 Å². The second kappa shape index (κ2) is 6.69. The van der Waals surface area contributed by atoms with E-state index in [0.717, 1.165) is 34.5 Å². The van der Waals surface area contributed by atoms with Gasteiger partial charge in [-0.25, -0.2) is 0 Å². The molecule has 0 aromatic heterocycles. The number of benzene rings is 2. The SMILES string of the molecule is Cc1ccc(Cl)cc1NCCNc1ccc(Cl)cc1. The second-order valence-electron chi connectivity index (χ2n) is 4.32. The molecule has 0 unspecified atom stereocenters. The van der Waals surface area contributed by atoms with Gasteiger partial charge in [0.25, 0.3) is 0 Å². The third-order valence-corrected chi connectivity index (χ3v) is 3.30. The van der Waals surface area contributed by atoms with E-state index < -0.39 is 0 Å². The zero-order valence-corrected chi connectivity index (χ0v) is 12.2. The molecule has 4 heteroatoms. The molecule has 19 heavy (non-hydrogen) atoms. The molecule has 2 nitrogen and oxygen atoms in total. The van der Waals surface area contributed by atoms with Crippen LogP contribution in [0.15, 0.2) is 42.5 Å². The topological polar surface area (TPSA) is 24.1 Å². The van der Waals surface area contributed by atoms with E-state index in [4.69, 9.17) is 23.2 Å². The number of hydrogen-bond acceptors (Lipinski definition) is 2. The van der Waals surface area contributed by atoms with Crippen molar-refractivity contribution < 1.29 is 0 Å². The Labute approximate surface area is 123 Å². The van der Waals surface area contributed by atoms with E-state index >= 15 is 0 Å². The first kappa shape index (κ1) is 14.0. The van der Waals surface area contributed by atoms with Crippen LogP contribution in [0.1, 0.15) is 5.56 Å². The molecule has 0 saturated heterocycles. The summed E-state index contributed by atoms with van der Waals surface area (Å²) >= 11 is 11.8. The first-order chi connectivity index (χ1) is 9.15. The fourth-order valence-corrected chi connectivity index (χ4v) is 2.05. The molecular formula is C15H16Cl2N2. The Kier molecular flexibility index (Phi) is 4.94. The van der Waals surface area contributed by atoms with Crippen LogP contribution >= 0.6 is 23.2 Å². The van der Waals surface area contributed by atoms with E-state index in [9.17, 15) is 0 Å². The van der Waals surface area contributed by atoms with Crippen LogP contribution in [0.5, 0.6) is 0 Å². The smallest absolute Gasteiger partial charge is 0.0426 e. The highest BCUT2D eigenvalue weighted by Gasteiger charge is 1.98. The van der Waals surface area contributed by atoms with Crippen molar-refractivity contribution in [1.29, 1.82) is 0 Å². The molecule has 0 fully saturated rings. The first-order valence-corrected chi connectivity index (χ1v) is 6.90. The summed E-state index contributed by atoms with van der Waals surface area (Å²) < 4.78 is 0. The average Bonchev–Trinajstić information content (AvgIpc) is 2.40.